The lowest BCUT2D eigenvalue weighted by Gasteiger charge is -2.11. The summed E-state index contributed by atoms with van der Waals surface area (Å²) in [5.41, 5.74) is 1.67. The Hall–Kier alpha value is -2.53. The maximum Gasteiger partial charge on any atom is 0.335 e. The highest BCUT2D eigenvalue weighted by atomic mass is 16.7. The van der Waals surface area contributed by atoms with E-state index in [-0.39, 0.29) is 19.8 Å². The molecule has 0 radical (unpaired) electrons. The molecule has 114 valence electrons. The normalized spacial score (nSPS) is 13.7. The first-order chi connectivity index (χ1) is 10.7. The molecule has 22 heavy (non-hydrogen) atoms. The molecular formula is C17H16O5. The number of ether oxygens (including phenoxy) is 3. The molecule has 1 atom stereocenters. The molecule has 5 nitrogen and oxygen atoms in total. The van der Waals surface area contributed by atoms with Crippen LogP contribution < -0.4 is 9.47 Å². The van der Waals surface area contributed by atoms with Crippen molar-refractivity contribution in [2.75, 3.05) is 6.79 Å². The first-order valence-electron chi connectivity index (χ1n) is 6.99. The standard InChI is InChI=1S/C17H16O5/c18-14(17(19)20-10-12-4-2-1-3-5-12)8-13-6-7-15-16(9-13)22-11-21-15/h1-7,9,14,18H,8,10-11H2. The highest BCUT2D eigenvalue weighted by molar-refractivity contribution is 5.74. The molecule has 0 bridgehead atoms. The second kappa shape index (κ2) is 6.49. The summed E-state index contributed by atoms with van der Waals surface area (Å²) in [5, 5.41) is 9.95. The van der Waals surface area contributed by atoms with Crippen LogP contribution >= 0.6 is 0 Å². The first kappa shape index (κ1) is 14.4. The van der Waals surface area contributed by atoms with Crippen molar-refractivity contribution in [3.05, 3.63) is 59.7 Å². The van der Waals surface area contributed by atoms with Crippen LogP contribution in [0.25, 0.3) is 0 Å². The van der Waals surface area contributed by atoms with Crippen molar-refractivity contribution < 1.29 is 24.1 Å². The quantitative estimate of drug-likeness (QED) is 0.856. The van der Waals surface area contributed by atoms with E-state index in [9.17, 15) is 9.90 Å². The molecule has 0 amide bonds. The zero-order valence-corrected chi connectivity index (χ0v) is 11.9. The second-order valence-corrected chi connectivity index (χ2v) is 5.00. The zero-order valence-electron chi connectivity index (χ0n) is 11.9. The number of hydrogen-bond acceptors (Lipinski definition) is 5. The van der Waals surface area contributed by atoms with Gasteiger partial charge in [0.25, 0.3) is 0 Å². The number of aliphatic hydroxyl groups excluding tert-OH is 1. The number of benzene rings is 2. The fourth-order valence-electron chi connectivity index (χ4n) is 2.20. The monoisotopic (exact) mass is 300 g/mol. The van der Waals surface area contributed by atoms with Crippen molar-refractivity contribution in [3.8, 4) is 11.5 Å². The van der Waals surface area contributed by atoms with Crippen molar-refractivity contribution >= 4 is 5.97 Å². The van der Waals surface area contributed by atoms with Gasteiger partial charge in [0, 0.05) is 6.42 Å². The highest BCUT2D eigenvalue weighted by Crippen LogP contribution is 2.32. The number of esters is 1. The van der Waals surface area contributed by atoms with Crippen molar-refractivity contribution in [2.24, 2.45) is 0 Å². The Bertz CT molecular complexity index is 653. The molecule has 2 aromatic rings. The smallest absolute Gasteiger partial charge is 0.335 e. The Labute approximate surface area is 128 Å². The van der Waals surface area contributed by atoms with Gasteiger partial charge in [-0.25, -0.2) is 4.79 Å². The molecule has 0 aliphatic carbocycles. The van der Waals surface area contributed by atoms with Crippen LogP contribution in [0.5, 0.6) is 11.5 Å². The van der Waals surface area contributed by atoms with Crippen LogP contribution in [0.3, 0.4) is 0 Å². The van der Waals surface area contributed by atoms with Gasteiger partial charge in [-0.05, 0) is 23.3 Å². The fraction of sp³-hybridized carbons (Fsp3) is 0.235. The SMILES string of the molecule is O=C(OCc1ccccc1)C(O)Cc1ccc2c(c1)OCO2. The van der Waals surface area contributed by atoms with Gasteiger partial charge in [-0.3, -0.25) is 0 Å². The fourth-order valence-corrected chi connectivity index (χ4v) is 2.20. The predicted octanol–water partition coefficient (Wildman–Crippen LogP) is 2.06. The Morgan fingerprint density at radius 1 is 1.09 bits per heavy atom. The van der Waals surface area contributed by atoms with Gasteiger partial charge in [0.05, 0.1) is 0 Å². The highest BCUT2D eigenvalue weighted by Gasteiger charge is 2.19. The number of carbonyl (C=O) groups is 1. The number of aliphatic hydroxyl groups is 1. The summed E-state index contributed by atoms with van der Waals surface area (Å²) in [7, 11) is 0. The van der Waals surface area contributed by atoms with E-state index in [0.29, 0.717) is 11.5 Å². The number of hydrogen-bond donors (Lipinski definition) is 1. The molecule has 0 saturated carbocycles. The predicted molar refractivity (Wildman–Crippen MR) is 78.5 cm³/mol. The summed E-state index contributed by atoms with van der Waals surface area (Å²) in [6.45, 7) is 0.346. The van der Waals surface area contributed by atoms with Crippen molar-refractivity contribution in [3.63, 3.8) is 0 Å². The van der Waals surface area contributed by atoms with E-state index in [4.69, 9.17) is 14.2 Å². The summed E-state index contributed by atoms with van der Waals surface area (Å²) >= 11 is 0. The Morgan fingerprint density at radius 2 is 1.86 bits per heavy atom. The van der Waals surface area contributed by atoms with Crippen molar-refractivity contribution in [1.82, 2.24) is 0 Å². The van der Waals surface area contributed by atoms with Gasteiger partial charge in [0.1, 0.15) is 6.61 Å². The Kier molecular flexibility index (Phi) is 4.25. The first-order valence-corrected chi connectivity index (χ1v) is 6.99. The van der Waals surface area contributed by atoms with Gasteiger partial charge < -0.3 is 19.3 Å². The second-order valence-electron chi connectivity index (χ2n) is 5.00. The lowest BCUT2D eigenvalue weighted by molar-refractivity contribution is -0.154. The molecule has 0 saturated heterocycles. The van der Waals surface area contributed by atoms with E-state index < -0.39 is 12.1 Å². The molecule has 1 N–H and O–H groups in total. The minimum atomic E-state index is -1.20. The molecule has 1 aliphatic heterocycles. The van der Waals surface area contributed by atoms with E-state index >= 15 is 0 Å². The molecule has 5 heteroatoms. The number of carbonyl (C=O) groups excluding carboxylic acids is 1. The number of fused-ring (bicyclic) bond motifs is 1. The maximum atomic E-state index is 11.8. The third-order valence-corrected chi connectivity index (χ3v) is 3.36. The topological polar surface area (TPSA) is 65.0 Å². The lowest BCUT2D eigenvalue weighted by atomic mass is 10.1. The summed E-state index contributed by atoms with van der Waals surface area (Å²) in [5.74, 6) is 0.661. The average molecular weight is 300 g/mol. The molecular weight excluding hydrogens is 284 g/mol. The van der Waals surface area contributed by atoms with Gasteiger partial charge >= 0.3 is 5.97 Å². The van der Waals surface area contributed by atoms with Crippen molar-refractivity contribution in [1.29, 1.82) is 0 Å². The molecule has 0 fully saturated rings. The largest absolute Gasteiger partial charge is 0.459 e. The third-order valence-electron chi connectivity index (χ3n) is 3.36. The minimum Gasteiger partial charge on any atom is -0.459 e. The van der Waals surface area contributed by atoms with Crippen LogP contribution in [0.4, 0.5) is 0 Å². The Balaban J connectivity index is 1.55. The van der Waals surface area contributed by atoms with Crippen LogP contribution in [0, 0.1) is 0 Å². The lowest BCUT2D eigenvalue weighted by Crippen LogP contribution is -2.25. The van der Waals surface area contributed by atoms with Crippen LogP contribution in [-0.4, -0.2) is 24.0 Å². The molecule has 3 rings (SSSR count). The van der Waals surface area contributed by atoms with Gasteiger partial charge in [-0.2, -0.15) is 0 Å². The van der Waals surface area contributed by atoms with Crippen LogP contribution in [0.2, 0.25) is 0 Å². The van der Waals surface area contributed by atoms with Crippen molar-refractivity contribution in [2.45, 2.75) is 19.1 Å². The van der Waals surface area contributed by atoms with E-state index in [1.165, 1.54) is 0 Å². The van der Waals surface area contributed by atoms with Gasteiger partial charge in [0.2, 0.25) is 6.79 Å². The summed E-state index contributed by atoms with van der Waals surface area (Å²) in [6.07, 6.45) is -1.03. The van der Waals surface area contributed by atoms with Crippen LogP contribution in [0.15, 0.2) is 48.5 Å². The van der Waals surface area contributed by atoms with Gasteiger partial charge in [-0.1, -0.05) is 36.4 Å². The van der Waals surface area contributed by atoms with E-state index in [1.54, 1.807) is 18.2 Å². The molecule has 0 spiro atoms. The van der Waals surface area contributed by atoms with Gasteiger partial charge in [0.15, 0.2) is 17.6 Å². The molecule has 2 aromatic carbocycles. The summed E-state index contributed by atoms with van der Waals surface area (Å²) < 4.78 is 15.6. The minimum absolute atomic E-state index is 0.151. The third kappa shape index (κ3) is 3.38. The summed E-state index contributed by atoms with van der Waals surface area (Å²) in [4.78, 5) is 11.8. The van der Waals surface area contributed by atoms with Crippen LogP contribution in [0.1, 0.15) is 11.1 Å². The maximum absolute atomic E-state index is 11.8. The molecule has 1 unspecified atom stereocenters. The van der Waals surface area contributed by atoms with Crippen LogP contribution in [-0.2, 0) is 22.6 Å². The molecule has 1 aliphatic rings. The molecule has 1 heterocycles. The Morgan fingerprint density at radius 3 is 2.68 bits per heavy atom. The zero-order chi connectivity index (χ0) is 15.4. The molecule has 0 aromatic heterocycles. The number of rotatable bonds is 5. The van der Waals surface area contributed by atoms with E-state index in [0.717, 1.165) is 11.1 Å². The van der Waals surface area contributed by atoms with E-state index in [1.807, 2.05) is 30.3 Å². The summed E-state index contributed by atoms with van der Waals surface area (Å²) in [6, 6.07) is 14.7. The van der Waals surface area contributed by atoms with E-state index in [2.05, 4.69) is 0 Å². The van der Waals surface area contributed by atoms with Gasteiger partial charge in [-0.15, -0.1) is 0 Å². The average Bonchev–Trinajstić information content (AvgIpc) is 3.01.